The smallest absolute Gasteiger partial charge is 0.407 e. The first kappa shape index (κ1) is 23.4. The van der Waals surface area contributed by atoms with Crippen molar-refractivity contribution in [2.75, 3.05) is 6.61 Å². The summed E-state index contributed by atoms with van der Waals surface area (Å²) in [7, 11) is 0. The molecular formula is C28H32N2O5. The van der Waals surface area contributed by atoms with Crippen LogP contribution in [-0.2, 0) is 14.3 Å². The van der Waals surface area contributed by atoms with Gasteiger partial charge in [-0.05, 0) is 52.8 Å². The highest BCUT2D eigenvalue weighted by atomic mass is 16.5. The van der Waals surface area contributed by atoms with Crippen LogP contribution < -0.4 is 10.6 Å². The Morgan fingerprint density at radius 2 is 1.63 bits per heavy atom. The van der Waals surface area contributed by atoms with Crippen LogP contribution in [0.15, 0.2) is 48.5 Å². The number of alkyl carbamates (subject to hydrolysis) is 1. The lowest BCUT2D eigenvalue weighted by atomic mass is 9.86. The topological polar surface area (TPSA) is 105 Å². The molecule has 2 aromatic rings. The van der Waals surface area contributed by atoms with Crippen LogP contribution in [0.5, 0.6) is 0 Å². The molecule has 0 bridgehead atoms. The molecule has 2 amide bonds. The maximum absolute atomic E-state index is 13.0. The van der Waals surface area contributed by atoms with E-state index in [2.05, 4.69) is 34.9 Å². The molecule has 184 valence electrons. The summed E-state index contributed by atoms with van der Waals surface area (Å²) >= 11 is 0. The van der Waals surface area contributed by atoms with Crippen molar-refractivity contribution >= 4 is 18.0 Å². The average Bonchev–Trinajstić information content (AvgIpc) is 3.23. The van der Waals surface area contributed by atoms with Gasteiger partial charge in [0.2, 0.25) is 5.91 Å². The van der Waals surface area contributed by atoms with Crippen molar-refractivity contribution in [3.05, 3.63) is 59.7 Å². The molecule has 0 aliphatic heterocycles. The third kappa shape index (κ3) is 4.17. The van der Waals surface area contributed by atoms with E-state index in [1.165, 1.54) is 11.1 Å². The fourth-order valence-electron chi connectivity index (χ4n) is 6.02. The predicted molar refractivity (Wildman–Crippen MR) is 131 cm³/mol. The second kappa shape index (κ2) is 8.40. The van der Waals surface area contributed by atoms with Gasteiger partial charge in [-0.2, -0.15) is 0 Å². The number of nitrogens with one attached hydrogen (secondary N) is 2. The number of carboxylic acids is 1. The molecule has 0 saturated heterocycles. The third-order valence-electron chi connectivity index (χ3n) is 7.92. The van der Waals surface area contributed by atoms with Crippen LogP contribution in [0.2, 0.25) is 0 Å². The molecule has 0 radical (unpaired) electrons. The van der Waals surface area contributed by atoms with Gasteiger partial charge in [0.15, 0.2) is 0 Å². The maximum Gasteiger partial charge on any atom is 0.407 e. The van der Waals surface area contributed by atoms with E-state index >= 15 is 0 Å². The van der Waals surface area contributed by atoms with Crippen molar-refractivity contribution in [3.63, 3.8) is 0 Å². The Morgan fingerprint density at radius 3 is 2.20 bits per heavy atom. The number of rotatable bonds is 6. The molecule has 5 rings (SSSR count). The van der Waals surface area contributed by atoms with E-state index in [9.17, 15) is 19.5 Å². The number of carbonyl (C=O) groups excluding carboxylic acids is 2. The van der Waals surface area contributed by atoms with Gasteiger partial charge in [-0.25, -0.2) is 9.59 Å². The van der Waals surface area contributed by atoms with Crippen molar-refractivity contribution in [1.82, 2.24) is 10.6 Å². The van der Waals surface area contributed by atoms with E-state index < -0.39 is 28.9 Å². The van der Waals surface area contributed by atoms with Crippen LogP contribution in [0.3, 0.4) is 0 Å². The molecule has 7 heteroatoms. The van der Waals surface area contributed by atoms with Gasteiger partial charge in [-0.15, -0.1) is 0 Å². The third-order valence-corrected chi connectivity index (χ3v) is 7.92. The summed E-state index contributed by atoms with van der Waals surface area (Å²) in [6, 6.07) is 15.3. The molecule has 3 aliphatic carbocycles. The fourth-order valence-corrected chi connectivity index (χ4v) is 6.02. The van der Waals surface area contributed by atoms with Crippen LogP contribution >= 0.6 is 0 Å². The Kier molecular flexibility index (Phi) is 5.61. The number of carbonyl (C=O) groups is 3. The van der Waals surface area contributed by atoms with Gasteiger partial charge in [-0.1, -0.05) is 69.3 Å². The number of benzene rings is 2. The molecule has 4 unspecified atom stereocenters. The Labute approximate surface area is 205 Å². The van der Waals surface area contributed by atoms with Crippen molar-refractivity contribution in [2.24, 2.45) is 16.7 Å². The van der Waals surface area contributed by atoms with Gasteiger partial charge in [0, 0.05) is 12.0 Å². The summed E-state index contributed by atoms with van der Waals surface area (Å²) in [5.74, 6) is -1.10. The molecule has 2 saturated carbocycles. The minimum Gasteiger partial charge on any atom is -0.480 e. The molecule has 3 N–H and O–H groups in total. The van der Waals surface area contributed by atoms with Gasteiger partial charge in [0.05, 0.1) is 5.41 Å². The molecular weight excluding hydrogens is 444 g/mol. The number of amides is 2. The van der Waals surface area contributed by atoms with Crippen LogP contribution in [0.4, 0.5) is 4.79 Å². The first-order valence-corrected chi connectivity index (χ1v) is 12.3. The SMILES string of the molecule is CC(C)(C)C(NC(=O)C12CC(NC(=O)OCC3c4ccccc4-c4ccccc43)CC1C2)C(=O)O. The van der Waals surface area contributed by atoms with Crippen molar-refractivity contribution < 1.29 is 24.2 Å². The zero-order valence-corrected chi connectivity index (χ0v) is 20.3. The standard InChI is InChI=1S/C28H32N2O5/c1-27(2,3)23(24(31)32)30-25(33)28-13-16(28)12-17(14-28)29-26(34)35-15-22-20-10-6-4-8-18(20)19-9-5-7-11-21(19)22/h4-11,16-17,22-23H,12-15H2,1-3H3,(H,29,34)(H,30,33)(H,31,32). The average molecular weight is 477 g/mol. The van der Waals surface area contributed by atoms with Crippen LogP contribution in [0.25, 0.3) is 11.1 Å². The largest absolute Gasteiger partial charge is 0.480 e. The minimum absolute atomic E-state index is 0.00685. The zero-order valence-electron chi connectivity index (χ0n) is 20.3. The fraction of sp³-hybridized carbons (Fsp3) is 0.464. The van der Waals surface area contributed by atoms with Gasteiger partial charge in [0.1, 0.15) is 12.6 Å². The van der Waals surface area contributed by atoms with Gasteiger partial charge >= 0.3 is 12.1 Å². The summed E-state index contributed by atoms with van der Waals surface area (Å²) in [6.45, 7) is 5.63. The van der Waals surface area contributed by atoms with E-state index in [1.807, 2.05) is 24.3 Å². The number of fused-ring (bicyclic) bond motifs is 4. The number of carboxylic acid groups (broad SMARTS) is 1. The molecule has 35 heavy (non-hydrogen) atoms. The van der Waals surface area contributed by atoms with E-state index in [1.54, 1.807) is 20.8 Å². The van der Waals surface area contributed by atoms with Crippen molar-refractivity contribution in [3.8, 4) is 11.1 Å². The second-order valence-corrected chi connectivity index (χ2v) is 11.3. The number of aliphatic carboxylic acids is 1. The van der Waals surface area contributed by atoms with E-state index in [-0.39, 0.29) is 30.4 Å². The highest BCUT2D eigenvalue weighted by Crippen LogP contribution is 2.63. The Morgan fingerprint density at radius 1 is 1.03 bits per heavy atom. The van der Waals surface area contributed by atoms with E-state index in [0.29, 0.717) is 12.8 Å². The first-order chi connectivity index (χ1) is 16.6. The monoisotopic (exact) mass is 476 g/mol. The molecule has 0 heterocycles. The summed E-state index contributed by atoms with van der Waals surface area (Å²) in [5, 5.41) is 15.2. The molecule has 2 fully saturated rings. The van der Waals surface area contributed by atoms with Gasteiger partial charge in [0.25, 0.3) is 0 Å². The highest BCUT2D eigenvalue weighted by Gasteiger charge is 2.65. The number of hydrogen-bond acceptors (Lipinski definition) is 4. The zero-order chi connectivity index (χ0) is 25.0. The lowest BCUT2D eigenvalue weighted by Gasteiger charge is -2.29. The van der Waals surface area contributed by atoms with Crippen LogP contribution in [0, 0.1) is 16.7 Å². The van der Waals surface area contributed by atoms with Crippen LogP contribution in [-0.4, -0.2) is 41.8 Å². The van der Waals surface area contributed by atoms with E-state index in [4.69, 9.17) is 4.74 Å². The minimum atomic E-state index is -1.04. The normalized spacial score (nSPS) is 25.1. The molecule has 2 aromatic carbocycles. The number of ether oxygens (including phenoxy) is 1. The second-order valence-electron chi connectivity index (χ2n) is 11.3. The van der Waals surface area contributed by atoms with Gasteiger partial charge in [-0.3, -0.25) is 4.79 Å². The molecule has 0 spiro atoms. The summed E-state index contributed by atoms with van der Waals surface area (Å²) in [4.78, 5) is 37.3. The summed E-state index contributed by atoms with van der Waals surface area (Å²) in [5.41, 5.74) is 3.49. The predicted octanol–water partition coefficient (Wildman–Crippen LogP) is 4.31. The summed E-state index contributed by atoms with van der Waals surface area (Å²) in [6.07, 6.45) is 1.46. The molecule has 4 atom stereocenters. The quantitative estimate of drug-likeness (QED) is 0.576. The lowest BCUT2D eigenvalue weighted by Crippen LogP contribution is -2.51. The van der Waals surface area contributed by atoms with Gasteiger partial charge < -0.3 is 20.5 Å². The molecule has 7 nitrogen and oxygen atoms in total. The number of hydrogen-bond donors (Lipinski definition) is 3. The Hall–Kier alpha value is -3.35. The lowest BCUT2D eigenvalue weighted by molar-refractivity contribution is -0.146. The van der Waals surface area contributed by atoms with Crippen molar-refractivity contribution in [1.29, 1.82) is 0 Å². The Bertz CT molecular complexity index is 1140. The highest BCUT2D eigenvalue weighted by molar-refractivity contribution is 5.90. The Balaban J connectivity index is 1.18. The van der Waals surface area contributed by atoms with Crippen LogP contribution in [0.1, 0.15) is 57.1 Å². The van der Waals surface area contributed by atoms with E-state index in [0.717, 1.165) is 17.5 Å². The molecule has 3 aliphatic rings. The molecule has 0 aromatic heterocycles. The first-order valence-electron chi connectivity index (χ1n) is 12.3. The maximum atomic E-state index is 13.0. The van der Waals surface area contributed by atoms with Crippen molar-refractivity contribution in [2.45, 2.75) is 58.0 Å². The summed E-state index contributed by atoms with van der Waals surface area (Å²) < 4.78 is 5.66.